The number of benzene rings is 4. The van der Waals surface area contributed by atoms with Crippen molar-refractivity contribution in [3.05, 3.63) is 144 Å². The van der Waals surface area contributed by atoms with Crippen LogP contribution in [0.5, 0.6) is 0 Å². The largest absolute Gasteiger partial charge is 0.447 e. The van der Waals surface area contributed by atoms with Crippen molar-refractivity contribution >= 4 is 12.0 Å². The average molecular weight is 819 g/mol. The molecule has 6 atom stereocenters. The Morgan fingerprint density at radius 1 is 0.733 bits per heavy atom. The molecule has 3 aliphatic heterocycles. The molecule has 11 heteroatoms. The van der Waals surface area contributed by atoms with E-state index in [2.05, 4.69) is 0 Å². The van der Waals surface area contributed by atoms with Crippen molar-refractivity contribution in [2.24, 2.45) is 5.41 Å². The van der Waals surface area contributed by atoms with Crippen LogP contribution in [0, 0.1) is 5.41 Å². The number of ether oxygens (including phenoxy) is 7. The SMILES string of the molecule is CCN1C(=O)CC2(CCN(C(=O)OCC3OC(C)(OCc4ccccc4)C4(OCc5ccccc5)CC(OCc5ccccc5)[C@]3(OCc3ccccc3)C4)CC2)C1OC. The van der Waals surface area contributed by atoms with Gasteiger partial charge in [0.2, 0.25) is 5.91 Å². The van der Waals surface area contributed by atoms with Crippen LogP contribution >= 0.6 is 0 Å². The van der Waals surface area contributed by atoms with E-state index in [-0.39, 0.29) is 37.4 Å². The Hall–Kier alpha value is -4.62. The van der Waals surface area contributed by atoms with E-state index in [0.717, 1.165) is 22.3 Å². The zero-order valence-corrected chi connectivity index (χ0v) is 35.0. The number of piperidine rings is 1. The molecular weight excluding hydrogens is 761 g/mol. The Labute approximate surface area is 353 Å². The summed E-state index contributed by atoms with van der Waals surface area (Å²) in [4.78, 5) is 30.5. The predicted molar refractivity (Wildman–Crippen MR) is 224 cm³/mol. The number of rotatable bonds is 16. The molecule has 0 N–H and O–H groups in total. The quantitative estimate of drug-likeness (QED) is 0.111. The molecule has 3 saturated heterocycles. The summed E-state index contributed by atoms with van der Waals surface area (Å²) in [5.41, 5.74) is 1.54. The summed E-state index contributed by atoms with van der Waals surface area (Å²) < 4.78 is 47.5. The minimum absolute atomic E-state index is 0.0950. The zero-order valence-electron chi connectivity index (χ0n) is 35.0. The van der Waals surface area contributed by atoms with E-state index in [9.17, 15) is 9.59 Å². The Morgan fingerprint density at radius 2 is 1.25 bits per heavy atom. The van der Waals surface area contributed by atoms with Gasteiger partial charge in [-0.3, -0.25) is 4.79 Å². The van der Waals surface area contributed by atoms with Gasteiger partial charge in [0.1, 0.15) is 30.1 Å². The minimum Gasteiger partial charge on any atom is -0.447 e. The normalized spacial score (nSPS) is 28.3. The van der Waals surface area contributed by atoms with Gasteiger partial charge in [0.05, 0.1) is 32.5 Å². The second kappa shape index (κ2) is 18.2. The highest BCUT2D eigenvalue weighted by Crippen LogP contribution is 2.59. The van der Waals surface area contributed by atoms with Gasteiger partial charge in [-0.05, 0) is 48.9 Å². The lowest BCUT2D eigenvalue weighted by Gasteiger charge is -2.53. The van der Waals surface area contributed by atoms with Gasteiger partial charge in [-0.2, -0.15) is 0 Å². The smallest absolute Gasteiger partial charge is 0.409 e. The number of nitrogens with zero attached hydrogens (tertiary/aromatic N) is 2. The summed E-state index contributed by atoms with van der Waals surface area (Å²) in [6.07, 6.45) is 0.356. The Morgan fingerprint density at radius 3 is 1.78 bits per heavy atom. The number of amides is 2. The van der Waals surface area contributed by atoms with Gasteiger partial charge in [-0.15, -0.1) is 0 Å². The van der Waals surface area contributed by atoms with Crippen LogP contribution in [0.4, 0.5) is 4.79 Å². The van der Waals surface area contributed by atoms with Crippen LogP contribution < -0.4 is 0 Å². The van der Waals surface area contributed by atoms with Crippen LogP contribution in [0.3, 0.4) is 0 Å². The third kappa shape index (κ3) is 8.48. The number of carbonyl (C=O) groups is 2. The molecule has 5 unspecified atom stereocenters. The van der Waals surface area contributed by atoms with Crippen molar-refractivity contribution in [3.8, 4) is 0 Å². The zero-order chi connectivity index (χ0) is 41.6. The first-order valence-electron chi connectivity index (χ1n) is 21.3. The maximum atomic E-state index is 14.1. The average Bonchev–Trinajstić information content (AvgIpc) is 3.74. The number of hydrogen-bond acceptors (Lipinski definition) is 9. The van der Waals surface area contributed by atoms with Crippen molar-refractivity contribution in [2.75, 3.05) is 33.4 Å². The van der Waals surface area contributed by atoms with E-state index in [0.29, 0.717) is 65.0 Å². The molecule has 8 rings (SSSR count). The van der Waals surface area contributed by atoms with Gasteiger partial charge in [-0.25, -0.2) is 4.79 Å². The highest BCUT2D eigenvalue weighted by Gasteiger charge is 2.73. The van der Waals surface area contributed by atoms with Gasteiger partial charge < -0.3 is 43.0 Å². The van der Waals surface area contributed by atoms with E-state index >= 15 is 0 Å². The molecule has 4 aromatic rings. The number of methoxy groups -OCH3 is 1. The summed E-state index contributed by atoms with van der Waals surface area (Å²) in [6, 6.07) is 40.2. The van der Waals surface area contributed by atoms with Gasteiger partial charge in [-0.1, -0.05) is 121 Å². The van der Waals surface area contributed by atoms with E-state index in [1.165, 1.54) is 0 Å². The fourth-order valence-corrected chi connectivity index (χ4v) is 9.89. The van der Waals surface area contributed by atoms with Crippen molar-refractivity contribution in [3.63, 3.8) is 0 Å². The first-order chi connectivity index (χ1) is 29.2. The fraction of sp³-hybridized carbons (Fsp3) is 0.469. The number of likely N-dealkylation sites (tertiary alicyclic amines) is 2. The molecule has 0 radical (unpaired) electrons. The van der Waals surface area contributed by atoms with Gasteiger partial charge in [0.25, 0.3) is 0 Å². The molecule has 2 amide bonds. The first-order valence-corrected chi connectivity index (χ1v) is 21.3. The van der Waals surface area contributed by atoms with Crippen molar-refractivity contribution < 1.29 is 42.7 Å². The first kappa shape index (κ1) is 42.1. The molecule has 60 heavy (non-hydrogen) atoms. The lowest BCUT2D eigenvalue weighted by Crippen LogP contribution is -2.67. The van der Waals surface area contributed by atoms with Crippen LogP contribution in [0.2, 0.25) is 0 Å². The maximum Gasteiger partial charge on any atom is 0.409 e. The molecular formula is C49H58N2O9. The molecule has 4 fully saturated rings. The number of carbonyl (C=O) groups excluding carboxylic acids is 2. The molecule has 318 valence electrons. The molecule has 0 aromatic heterocycles. The monoisotopic (exact) mass is 818 g/mol. The van der Waals surface area contributed by atoms with E-state index in [1.54, 1.807) is 12.0 Å². The van der Waals surface area contributed by atoms with Crippen molar-refractivity contribution in [1.29, 1.82) is 0 Å². The van der Waals surface area contributed by atoms with E-state index in [4.69, 9.17) is 33.2 Å². The molecule has 1 saturated carbocycles. The number of hydrogen-bond donors (Lipinski definition) is 0. The lowest BCUT2D eigenvalue weighted by atomic mass is 9.76. The third-order valence-electron chi connectivity index (χ3n) is 13.3. The van der Waals surface area contributed by atoms with Crippen molar-refractivity contribution in [2.45, 2.75) is 108 Å². The molecule has 4 aromatic carbocycles. The number of fused-ring (bicyclic) bond motifs is 2. The van der Waals surface area contributed by atoms with Crippen molar-refractivity contribution in [1.82, 2.24) is 9.80 Å². The van der Waals surface area contributed by atoms with Crippen LogP contribution in [-0.4, -0.2) is 90.6 Å². The van der Waals surface area contributed by atoms with Crippen LogP contribution in [0.15, 0.2) is 121 Å². The molecule has 1 aliphatic carbocycles. The second-order valence-corrected chi connectivity index (χ2v) is 16.9. The molecule has 2 bridgehead atoms. The van der Waals surface area contributed by atoms with Gasteiger partial charge >= 0.3 is 6.09 Å². The standard InChI is InChI=1S/C49H58N2O9/c1-4-51-43(52)30-47(44(51)54-3)25-27-50(28-26-47)45(53)56-35-42-49(59-34-40-23-15-8-16-24-40)36-48(58-33-39-21-13-7-14-22-39,29-41(49)55-31-37-17-9-5-10-18-37)46(2,60-42)57-32-38-19-11-6-12-20-38/h5-24,41-42,44H,4,25-36H2,1-3H3/t41?,42?,44?,46?,48?,49-/m1/s1. The molecule has 1 spiro atoms. The topological polar surface area (TPSA) is 105 Å². The highest BCUT2D eigenvalue weighted by atomic mass is 16.7. The summed E-state index contributed by atoms with van der Waals surface area (Å²) in [6.45, 7) is 6.47. The maximum absolute atomic E-state index is 14.1. The Bertz CT molecular complexity index is 2020. The molecule has 4 aliphatic rings. The predicted octanol–water partition coefficient (Wildman–Crippen LogP) is 8.05. The molecule has 3 heterocycles. The Kier molecular flexibility index (Phi) is 12.7. The molecule has 11 nitrogen and oxygen atoms in total. The second-order valence-electron chi connectivity index (χ2n) is 16.9. The minimum atomic E-state index is -1.31. The van der Waals surface area contributed by atoms with Crippen LogP contribution in [0.25, 0.3) is 0 Å². The summed E-state index contributed by atoms with van der Waals surface area (Å²) in [5.74, 6) is -1.22. The Balaban J connectivity index is 1.10. The van der Waals surface area contributed by atoms with E-state index < -0.39 is 35.3 Å². The summed E-state index contributed by atoms with van der Waals surface area (Å²) in [7, 11) is 1.66. The van der Waals surface area contributed by atoms with Gasteiger partial charge in [0.15, 0.2) is 5.79 Å². The third-order valence-corrected chi connectivity index (χ3v) is 13.3. The highest BCUT2D eigenvalue weighted by molar-refractivity contribution is 5.80. The van der Waals surface area contributed by atoms with E-state index in [1.807, 2.05) is 140 Å². The summed E-state index contributed by atoms with van der Waals surface area (Å²) >= 11 is 0. The van der Waals surface area contributed by atoms with Crippen LogP contribution in [-0.2, 0) is 64.4 Å². The lowest BCUT2D eigenvalue weighted by molar-refractivity contribution is -0.387. The van der Waals surface area contributed by atoms with Crippen LogP contribution in [0.1, 0.15) is 68.2 Å². The fourth-order valence-electron chi connectivity index (χ4n) is 9.89. The van der Waals surface area contributed by atoms with Gasteiger partial charge in [0, 0.05) is 51.4 Å². The summed E-state index contributed by atoms with van der Waals surface area (Å²) in [5, 5.41) is 0.